The molecule has 0 unspecified atom stereocenters. The van der Waals surface area contributed by atoms with Gasteiger partial charge in [0.2, 0.25) is 0 Å². The van der Waals surface area contributed by atoms with Crippen molar-refractivity contribution in [1.82, 2.24) is 9.88 Å². The molecule has 2 atom stereocenters. The average molecular weight is 433 g/mol. The Balaban J connectivity index is 1.57. The molecule has 166 valence electrons. The molecule has 0 N–H and O–H groups in total. The van der Waals surface area contributed by atoms with Gasteiger partial charge in [-0.25, -0.2) is 9.78 Å². The zero-order valence-corrected chi connectivity index (χ0v) is 18.7. The molecule has 0 aliphatic carbocycles. The molecule has 2 aromatic carbocycles. The van der Waals surface area contributed by atoms with Crippen LogP contribution in [0.4, 0.5) is 0 Å². The molecule has 32 heavy (non-hydrogen) atoms. The first-order valence-corrected chi connectivity index (χ1v) is 10.9. The van der Waals surface area contributed by atoms with E-state index in [2.05, 4.69) is 13.8 Å². The van der Waals surface area contributed by atoms with E-state index in [4.69, 9.17) is 14.5 Å². The Morgan fingerprint density at radius 1 is 1.03 bits per heavy atom. The monoisotopic (exact) mass is 432 g/mol. The van der Waals surface area contributed by atoms with Crippen molar-refractivity contribution in [2.24, 2.45) is 11.8 Å². The van der Waals surface area contributed by atoms with Gasteiger partial charge in [0.25, 0.3) is 5.91 Å². The first-order valence-electron chi connectivity index (χ1n) is 10.9. The van der Waals surface area contributed by atoms with Crippen LogP contribution in [0.15, 0.2) is 54.6 Å². The van der Waals surface area contributed by atoms with Crippen LogP contribution in [0, 0.1) is 11.8 Å². The average Bonchev–Trinajstić information content (AvgIpc) is 2.81. The van der Waals surface area contributed by atoms with E-state index in [1.54, 1.807) is 18.1 Å². The highest BCUT2D eigenvalue weighted by atomic mass is 16.5. The van der Waals surface area contributed by atoms with Crippen LogP contribution < -0.4 is 4.74 Å². The Kier molecular flexibility index (Phi) is 6.40. The Labute approximate surface area is 188 Å². The quantitative estimate of drug-likeness (QED) is 0.553. The van der Waals surface area contributed by atoms with Gasteiger partial charge >= 0.3 is 5.97 Å². The van der Waals surface area contributed by atoms with Crippen LogP contribution in [0.3, 0.4) is 0 Å². The number of methoxy groups -OCH3 is 1. The minimum Gasteiger partial charge on any atom is -0.497 e. The maximum atomic E-state index is 13.0. The molecule has 1 aliphatic rings. The van der Waals surface area contributed by atoms with E-state index in [1.165, 1.54) is 0 Å². The van der Waals surface area contributed by atoms with E-state index in [9.17, 15) is 9.59 Å². The third-order valence-electron chi connectivity index (χ3n) is 5.87. The summed E-state index contributed by atoms with van der Waals surface area (Å²) in [5, 5.41) is 0.697. The van der Waals surface area contributed by atoms with E-state index < -0.39 is 5.97 Å². The summed E-state index contributed by atoms with van der Waals surface area (Å²) in [6, 6.07) is 16.7. The second-order valence-electron chi connectivity index (χ2n) is 8.62. The summed E-state index contributed by atoms with van der Waals surface area (Å²) in [4.78, 5) is 32.2. The van der Waals surface area contributed by atoms with Gasteiger partial charge in [-0.15, -0.1) is 0 Å². The van der Waals surface area contributed by atoms with Gasteiger partial charge in [-0.3, -0.25) is 4.79 Å². The molecule has 1 fully saturated rings. The molecular weight excluding hydrogens is 404 g/mol. The number of para-hydroxylation sites is 1. The lowest BCUT2D eigenvalue weighted by molar-refractivity contribution is -0.137. The van der Waals surface area contributed by atoms with Crippen LogP contribution in [-0.2, 0) is 9.53 Å². The van der Waals surface area contributed by atoms with Crippen LogP contribution in [0.1, 0.15) is 30.6 Å². The lowest BCUT2D eigenvalue weighted by Crippen LogP contribution is -2.44. The van der Waals surface area contributed by atoms with Crippen LogP contribution in [-0.4, -0.2) is 48.6 Å². The molecule has 6 heteroatoms. The van der Waals surface area contributed by atoms with Crippen molar-refractivity contribution in [2.45, 2.75) is 20.3 Å². The highest BCUT2D eigenvalue weighted by Crippen LogP contribution is 2.27. The summed E-state index contributed by atoms with van der Waals surface area (Å²) in [6.07, 6.45) is 1.11. The topological polar surface area (TPSA) is 68.7 Å². The van der Waals surface area contributed by atoms with Crippen molar-refractivity contribution in [2.75, 3.05) is 26.8 Å². The third-order valence-corrected chi connectivity index (χ3v) is 5.87. The normalized spacial score (nSPS) is 18.4. The molecule has 6 nitrogen and oxygen atoms in total. The summed E-state index contributed by atoms with van der Waals surface area (Å²) in [7, 11) is 1.61. The zero-order chi connectivity index (χ0) is 22.7. The molecule has 0 bridgehead atoms. The van der Waals surface area contributed by atoms with Crippen LogP contribution >= 0.6 is 0 Å². The minimum absolute atomic E-state index is 0.148. The van der Waals surface area contributed by atoms with Gasteiger partial charge in [0, 0.05) is 24.0 Å². The number of hydrogen-bond acceptors (Lipinski definition) is 5. The molecule has 1 aromatic heterocycles. The number of hydrogen-bond donors (Lipinski definition) is 0. The predicted molar refractivity (Wildman–Crippen MR) is 124 cm³/mol. The number of ether oxygens (including phenoxy) is 2. The van der Waals surface area contributed by atoms with Crippen molar-refractivity contribution < 1.29 is 19.1 Å². The largest absolute Gasteiger partial charge is 0.497 e. The number of nitrogens with zero attached hydrogens (tertiary/aromatic N) is 2. The summed E-state index contributed by atoms with van der Waals surface area (Å²) >= 11 is 0. The van der Waals surface area contributed by atoms with Gasteiger partial charge < -0.3 is 14.4 Å². The van der Waals surface area contributed by atoms with E-state index >= 15 is 0 Å². The standard InChI is InChI=1S/C26H28N2O4/c1-17-12-18(2)15-28(14-17)25(29)16-32-26(30)22-13-24(19-8-10-20(31-3)11-9-19)27-23-7-5-4-6-21(22)23/h4-11,13,17-18H,12,14-16H2,1-3H3/t17-,18-/m1/s1. The van der Waals surface area contributed by atoms with Crippen LogP contribution in [0.2, 0.25) is 0 Å². The molecule has 2 heterocycles. The van der Waals surface area contributed by atoms with E-state index in [1.807, 2.05) is 48.5 Å². The number of esters is 1. The van der Waals surface area contributed by atoms with Gasteiger partial charge in [-0.1, -0.05) is 32.0 Å². The van der Waals surface area contributed by atoms with Crippen molar-refractivity contribution in [3.8, 4) is 17.0 Å². The fourth-order valence-electron chi connectivity index (χ4n) is 4.42. The molecular formula is C26H28N2O4. The highest BCUT2D eigenvalue weighted by molar-refractivity contribution is 6.05. The first-order chi connectivity index (χ1) is 15.4. The molecule has 3 aromatic rings. The Bertz CT molecular complexity index is 1120. The number of aromatic nitrogens is 1. The summed E-state index contributed by atoms with van der Waals surface area (Å²) in [5.41, 5.74) is 2.61. The van der Waals surface area contributed by atoms with Crippen LogP contribution in [0.25, 0.3) is 22.2 Å². The first kappa shape index (κ1) is 21.8. The number of amides is 1. The molecule has 0 spiro atoms. The lowest BCUT2D eigenvalue weighted by Gasteiger charge is -2.34. The summed E-state index contributed by atoms with van der Waals surface area (Å²) < 4.78 is 10.7. The summed E-state index contributed by atoms with van der Waals surface area (Å²) in [6.45, 7) is 5.45. The second kappa shape index (κ2) is 9.39. The fourth-order valence-corrected chi connectivity index (χ4v) is 4.42. The van der Waals surface area contributed by atoms with E-state index in [0.717, 1.165) is 17.7 Å². The zero-order valence-electron chi connectivity index (χ0n) is 18.7. The number of pyridine rings is 1. The lowest BCUT2D eigenvalue weighted by atomic mass is 9.92. The minimum atomic E-state index is -0.523. The number of piperidine rings is 1. The second-order valence-corrected chi connectivity index (χ2v) is 8.62. The van der Waals surface area contributed by atoms with Crippen molar-refractivity contribution in [1.29, 1.82) is 0 Å². The predicted octanol–water partition coefficient (Wildman–Crippen LogP) is 4.57. The van der Waals surface area contributed by atoms with E-state index in [0.29, 0.717) is 47.1 Å². The SMILES string of the molecule is COc1ccc(-c2cc(C(=O)OCC(=O)N3C[C@H](C)C[C@@H](C)C3)c3ccccc3n2)cc1. The number of carbonyl (C=O) groups excluding carboxylic acids is 2. The number of likely N-dealkylation sites (tertiary alicyclic amines) is 1. The van der Waals surface area contributed by atoms with Crippen molar-refractivity contribution in [3.05, 3.63) is 60.2 Å². The number of carbonyl (C=O) groups is 2. The number of fused-ring (bicyclic) bond motifs is 1. The summed E-state index contributed by atoms with van der Waals surface area (Å²) in [5.74, 6) is 0.980. The number of benzene rings is 2. The van der Waals surface area contributed by atoms with Gasteiger partial charge in [-0.2, -0.15) is 0 Å². The Morgan fingerprint density at radius 3 is 2.41 bits per heavy atom. The molecule has 1 amide bonds. The molecule has 1 saturated heterocycles. The van der Waals surface area contributed by atoms with Crippen molar-refractivity contribution in [3.63, 3.8) is 0 Å². The molecule has 0 radical (unpaired) electrons. The molecule has 4 rings (SSSR count). The molecule has 0 saturated carbocycles. The maximum absolute atomic E-state index is 13.0. The van der Waals surface area contributed by atoms with Crippen LogP contribution in [0.5, 0.6) is 5.75 Å². The van der Waals surface area contributed by atoms with E-state index in [-0.39, 0.29) is 12.5 Å². The Hall–Kier alpha value is -3.41. The maximum Gasteiger partial charge on any atom is 0.339 e. The van der Waals surface area contributed by atoms with Gasteiger partial charge in [-0.05, 0) is 54.7 Å². The van der Waals surface area contributed by atoms with Crippen molar-refractivity contribution >= 4 is 22.8 Å². The van der Waals surface area contributed by atoms with Gasteiger partial charge in [0.15, 0.2) is 6.61 Å². The Morgan fingerprint density at radius 2 is 1.72 bits per heavy atom. The highest BCUT2D eigenvalue weighted by Gasteiger charge is 2.26. The molecule has 1 aliphatic heterocycles. The number of rotatable bonds is 5. The van der Waals surface area contributed by atoms with Gasteiger partial charge in [0.1, 0.15) is 5.75 Å². The third kappa shape index (κ3) is 4.74. The van der Waals surface area contributed by atoms with Gasteiger partial charge in [0.05, 0.1) is 23.9 Å². The fraction of sp³-hybridized carbons (Fsp3) is 0.346. The smallest absolute Gasteiger partial charge is 0.339 e.